The number of phenols is 1. The van der Waals surface area contributed by atoms with Crippen LogP contribution in [0.2, 0.25) is 0 Å². The standard InChI is InChI=1S/C28H44O2/c1-3-5-7-8-21-10-12-22(13-11-21)23-14-16-24(17-15-23)25-18-19-26(28(30)20-25)27(29)9-6-4-2/h18-24,30H,3-17H2,1-2H3. The molecule has 1 N–H and O–H groups in total. The molecule has 0 aromatic heterocycles. The summed E-state index contributed by atoms with van der Waals surface area (Å²) in [5.41, 5.74) is 1.74. The molecule has 0 aliphatic heterocycles. The molecular formula is C28H44O2. The highest BCUT2D eigenvalue weighted by Crippen LogP contribution is 2.45. The van der Waals surface area contributed by atoms with Gasteiger partial charge in [-0.25, -0.2) is 0 Å². The van der Waals surface area contributed by atoms with Gasteiger partial charge in [-0.3, -0.25) is 4.79 Å². The van der Waals surface area contributed by atoms with Gasteiger partial charge in [0.1, 0.15) is 5.75 Å². The molecule has 2 saturated carbocycles. The third-order valence-electron chi connectivity index (χ3n) is 8.10. The van der Waals surface area contributed by atoms with Gasteiger partial charge in [-0.2, -0.15) is 0 Å². The summed E-state index contributed by atoms with van der Waals surface area (Å²) >= 11 is 0. The maximum absolute atomic E-state index is 12.3. The van der Waals surface area contributed by atoms with Crippen molar-refractivity contribution in [2.24, 2.45) is 17.8 Å². The first-order valence-corrected chi connectivity index (χ1v) is 13.0. The molecule has 168 valence electrons. The van der Waals surface area contributed by atoms with Gasteiger partial charge in [0.2, 0.25) is 0 Å². The number of hydrogen-bond acceptors (Lipinski definition) is 2. The molecule has 1 aromatic rings. The van der Waals surface area contributed by atoms with Crippen LogP contribution >= 0.6 is 0 Å². The van der Waals surface area contributed by atoms with Crippen LogP contribution in [0.4, 0.5) is 0 Å². The first-order chi connectivity index (χ1) is 14.6. The van der Waals surface area contributed by atoms with Gasteiger partial charge >= 0.3 is 0 Å². The fourth-order valence-corrected chi connectivity index (χ4v) is 6.07. The molecule has 30 heavy (non-hydrogen) atoms. The number of rotatable bonds is 10. The highest BCUT2D eigenvalue weighted by molar-refractivity contribution is 5.98. The van der Waals surface area contributed by atoms with Crippen LogP contribution in [0.3, 0.4) is 0 Å². The summed E-state index contributed by atoms with van der Waals surface area (Å²) < 4.78 is 0. The molecule has 2 aliphatic carbocycles. The number of hydrogen-bond donors (Lipinski definition) is 1. The van der Waals surface area contributed by atoms with E-state index in [1.165, 1.54) is 82.6 Å². The number of aromatic hydroxyl groups is 1. The third-order valence-corrected chi connectivity index (χ3v) is 8.10. The summed E-state index contributed by atoms with van der Waals surface area (Å²) in [4.78, 5) is 12.3. The fourth-order valence-electron chi connectivity index (χ4n) is 6.07. The summed E-state index contributed by atoms with van der Waals surface area (Å²) in [5, 5.41) is 10.4. The van der Waals surface area contributed by atoms with E-state index in [0.717, 1.165) is 30.6 Å². The van der Waals surface area contributed by atoms with E-state index in [0.29, 0.717) is 17.9 Å². The Balaban J connectivity index is 1.45. The fraction of sp³-hybridized carbons (Fsp3) is 0.750. The minimum atomic E-state index is 0.0786. The van der Waals surface area contributed by atoms with Crippen molar-refractivity contribution >= 4 is 5.78 Å². The van der Waals surface area contributed by atoms with E-state index < -0.39 is 0 Å². The van der Waals surface area contributed by atoms with Crippen molar-refractivity contribution in [3.05, 3.63) is 29.3 Å². The van der Waals surface area contributed by atoms with Crippen LogP contribution in [-0.4, -0.2) is 10.9 Å². The van der Waals surface area contributed by atoms with Crippen molar-refractivity contribution in [1.82, 2.24) is 0 Å². The van der Waals surface area contributed by atoms with Crippen molar-refractivity contribution in [2.75, 3.05) is 0 Å². The number of unbranched alkanes of at least 4 members (excludes halogenated alkanes) is 3. The molecule has 0 radical (unpaired) electrons. The van der Waals surface area contributed by atoms with Gasteiger partial charge in [0.05, 0.1) is 5.56 Å². The monoisotopic (exact) mass is 412 g/mol. The molecule has 0 atom stereocenters. The minimum Gasteiger partial charge on any atom is -0.507 e. The van der Waals surface area contributed by atoms with Gasteiger partial charge in [-0.05, 0) is 86.3 Å². The lowest BCUT2D eigenvalue weighted by molar-refractivity contribution is 0.0977. The quantitative estimate of drug-likeness (QED) is 0.309. The second-order valence-corrected chi connectivity index (χ2v) is 10.2. The van der Waals surface area contributed by atoms with E-state index in [1.54, 1.807) is 0 Å². The number of Topliss-reactive ketones (excluding diaryl/α,β-unsaturated/α-hetero) is 1. The molecule has 0 amide bonds. The first kappa shape index (κ1) is 23.4. The molecule has 0 bridgehead atoms. The van der Waals surface area contributed by atoms with Gasteiger partial charge in [-0.1, -0.05) is 64.9 Å². The van der Waals surface area contributed by atoms with E-state index in [9.17, 15) is 9.90 Å². The molecule has 2 heteroatoms. The van der Waals surface area contributed by atoms with Gasteiger partial charge in [0.25, 0.3) is 0 Å². The van der Waals surface area contributed by atoms with Gasteiger partial charge in [-0.15, -0.1) is 0 Å². The summed E-state index contributed by atoms with van der Waals surface area (Å²) in [6, 6.07) is 5.85. The Morgan fingerprint density at radius 3 is 2.10 bits per heavy atom. The van der Waals surface area contributed by atoms with Crippen LogP contribution < -0.4 is 0 Å². The number of carbonyl (C=O) groups is 1. The Morgan fingerprint density at radius 1 is 0.867 bits per heavy atom. The molecule has 0 heterocycles. The topological polar surface area (TPSA) is 37.3 Å². The number of phenolic OH excluding ortho intramolecular Hbond substituents is 1. The number of ketones is 1. The van der Waals surface area contributed by atoms with Crippen LogP contribution in [0.1, 0.15) is 132 Å². The van der Waals surface area contributed by atoms with E-state index in [-0.39, 0.29) is 11.5 Å². The average Bonchev–Trinajstić information content (AvgIpc) is 2.78. The predicted octanol–water partition coefficient (Wildman–Crippen LogP) is 8.43. The van der Waals surface area contributed by atoms with Gasteiger partial charge in [0, 0.05) is 6.42 Å². The van der Waals surface area contributed by atoms with Crippen molar-refractivity contribution in [2.45, 2.75) is 116 Å². The van der Waals surface area contributed by atoms with Crippen molar-refractivity contribution in [1.29, 1.82) is 0 Å². The van der Waals surface area contributed by atoms with Crippen molar-refractivity contribution in [3.63, 3.8) is 0 Å². The normalized spacial score (nSPS) is 27.1. The molecule has 1 aromatic carbocycles. The predicted molar refractivity (Wildman–Crippen MR) is 126 cm³/mol. The Hall–Kier alpha value is -1.31. The molecule has 2 fully saturated rings. The lowest BCUT2D eigenvalue weighted by Crippen LogP contribution is -2.25. The van der Waals surface area contributed by atoms with Crippen LogP contribution in [0.5, 0.6) is 5.75 Å². The van der Waals surface area contributed by atoms with Crippen LogP contribution in [0, 0.1) is 17.8 Å². The van der Waals surface area contributed by atoms with Crippen LogP contribution in [0.15, 0.2) is 18.2 Å². The van der Waals surface area contributed by atoms with E-state index >= 15 is 0 Å². The van der Waals surface area contributed by atoms with Crippen molar-refractivity contribution in [3.8, 4) is 5.75 Å². The summed E-state index contributed by atoms with van der Waals surface area (Å²) in [6.45, 7) is 4.39. The molecule has 3 rings (SSSR count). The first-order valence-electron chi connectivity index (χ1n) is 13.0. The van der Waals surface area contributed by atoms with Gasteiger partial charge in [0.15, 0.2) is 5.78 Å². The van der Waals surface area contributed by atoms with Crippen molar-refractivity contribution < 1.29 is 9.90 Å². The molecule has 2 nitrogen and oxygen atoms in total. The second kappa shape index (κ2) is 11.9. The minimum absolute atomic E-state index is 0.0786. The third kappa shape index (κ3) is 6.34. The molecule has 0 saturated heterocycles. The smallest absolute Gasteiger partial charge is 0.166 e. The number of benzene rings is 1. The van der Waals surface area contributed by atoms with Crippen LogP contribution in [0.25, 0.3) is 0 Å². The Bertz CT molecular complexity index is 649. The van der Waals surface area contributed by atoms with E-state index in [4.69, 9.17) is 0 Å². The Kier molecular flexibility index (Phi) is 9.27. The largest absolute Gasteiger partial charge is 0.507 e. The Morgan fingerprint density at radius 2 is 1.50 bits per heavy atom. The molecular weight excluding hydrogens is 368 g/mol. The second-order valence-electron chi connectivity index (χ2n) is 10.2. The number of carbonyl (C=O) groups excluding carboxylic acids is 1. The summed E-state index contributed by atoms with van der Waals surface area (Å²) in [7, 11) is 0. The SMILES string of the molecule is CCCCCC1CCC(C2CCC(c3ccc(C(=O)CCCC)c(O)c3)CC2)CC1. The Labute approximate surface area is 184 Å². The summed E-state index contributed by atoms with van der Waals surface area (Å²) in [6.07, 6.45) is 19.1. The highest BCUT2D eigenvalue weighted by Gasteiger charge is 2.31. The zero-order valence-electron chi connectivity index (χ0n) is 19.5. The maximum Gasteiger partial charge on any atom is 0.166 e. The van der Waals surface area contributed by atoms with E-state index in [1.807, 2.05) is 12.1 Å². The summed E-state index contributed by atoms with van der Waals surface area (Å²) in [5.74, 6) is 3.71. The lowest BCUT2D eigenvalue weighted by Gasteiger charge is -2.38. The van der Waals surface area contributed by atoms with Gasteiger partial charge < -0.3 is 5.11 Å². The molecule has 0 spiro atoms. The highest BCUT2D eigenvalue weighted by atomic mass is 16.3. The zero-order chi connectivity index (χ0) is 21.3. The van der Waals surface area contributed by atoms with E-state index in [2.05, 4.69) is 19.9 Å². The molecule has 2 aliphatic rings. The molecule has 0 unspecified atom stereocenters. The van der Waals surface area contributed by atoms with Crippen LogP contribution in [-0.2, 0) is 0 Å². The average molecular weight is 413 g/mol. The maximum atomic E-state index is 12.3. The zero-order valence-corrected chi connectivity index (χ0v) is 19.5. The lowest BCUT2D eigenvalue weighted by atomic mass is 9.68.